The van der Waals surface area contributed by atoms with Gasteiger partial charge >= 0.3 is 5.97 Å². The Kier molecular flexibility index (Phi) is 3.96. The number of rotatable bonds is 5. The van der Waals surface area contributed by atoms with Crippen LogP contribution in [0.1, 0.15) is 6.92 Å². The highest BCUT2D eigenvalue weighted by Crippen LogP contribution is 2.21. The number of nitrogens with one attached hydrogen (secondary N) is 1. The van der Waals surface area contributed by atoms with Crippen LogP contribution in [0.5, 0.6) is 0 Å². The predicted octanol–water partition coefficient (Wildman–Crippen LogP) is 1.33. The summed E-state index contributed by atoms with van der Waals surface area (Å²) in [6.45, 7) is 2.06. The number of H-pyrrole nitrogens is 1. The molecule has 1 N–H and O–H groups in total. The summed E-state index contributed by atoms with van der Waals surface area (Å²) in [7, 11) is 0. The third-order valence-corrected chi connectivity index (χ3v) is 3.68. The maximum Gasteiger partial charge on any atom is 0.316 e. The lowest BCUT2D eigenvalue weighted by Gasteiger charge is -2.02. The van der Waals surface area contributed by atoms with E-state index in [0.717, 1.165) is 11.8 Å². The van der Waals surface area contributed by atoms with Gasteiger partial charge in [0.1, 0.15) is 11.2 Å². The molecule has 3 aromatic rings. The summed E-state index contributed by atoms with van der Waals surface area (Å²) in [4.78, 5) is 23.3. The molecule has 0 bridgehead atoms. The van der Waals surface area contributed by atoms with Crippen LogP contribution in [0.2, 0.25) is 0 Å². The topological polar surface area (TPSA) is 102 Å². The lowest BCUT2D eigenvalue weighted by molar-refractivity contribution is -0.139. The molecule has 0 unspecified atom stereocenters. The number of esters is 1. The molecule has 0 radical (unpaired) electrons. The lowest BCUT2D eigenvalue weighted by Crippen LogP contribution is -2.15. The van der Waals surface area contributed by atoms with Crippen molar-refractivity contribution >= 4 is 23.2 Å². The SMILES string of the molecule is CCOC(=O)CSc1n[nH]c(=O)c2cc(-c3ccco3)nn12. The fourth-order valence-electron chi connectivity index (χ4n) is 1.86. The molecule has 3 rings (SSSR count). The molecule has 9 heteroatoms. The van der Waals surface area contributed by atoms with Gasteiger partial charge in [-0.2, -0.15) is 5.10 Å². The number of thioether (sulfide) groups is 1. The van der Waals surface area contributed by atoms with E-state index in [-0.39, 0.29) is 17.3 Å². The van der Waals surface area contributed by atoms with Crippen LogP contribution in [0.4, 0.5) is 0 Å². The second kappa shape index (κ2) is 6.06. The first-order valence-electron chi connectivity index (χ1n) is 6.50. The number of fused-ring (bicyclic) bond motifs is 1. The van der Waals surface area contributed by atoms with Gasteiger partial charge in [0.25, 0.3) is 5.56 Å². The van der Waals surface area contributed by atoms with Crippen molar-refractivity contribution in [3.8, 4) is 11.5 Å². The number of ether oxygens (including phenoxy) is 1. The molecule has 114 valence electrons. The highest BCUT2D eigenvalue weighted by atomic mass is 32.2. The van der Waals surface area contributed by atoms with Crippen LogP contribution >= 0.6 is 11.8 Å². The molecule has 0 aliphatic carbocycles. The summed E-state index contributed by atoms with van der Waals surface area (Å²) in [5.41, 5.74) is 0.472. The molecule has 3 aromatic heterocycles. The monoisotopic (exact) mass is 320 g/mol. The second-order valence-electron chi connectivity index (χ2n) is 4.23. The van der Waals surface area contributed by atoms with E-state index in [2.05, 4.69) is 15.3 Å². The molecule has 0 saturated carbocycles. The van der Waals surface area contributed by atoms with E-state index in [1.54, 1.807) is 25.1 Å². The van der Waals surface area contributed by atoms with E-state index in [1.807, 2.05) is 0 Å². The number of aromatic nitrogens is 4. The van der Waals surface area contributed by atoms with E-state index in [9.17, 15) is 9.59 Å². The van der Waals surface area contributed by atoms with Crippen molar-refractivity contribution in [3.63, 3.8) is 0 Å². The van der Waals surface area contributed by atoms with Gasteiger partial charge in [-0.1, -0.05) is 11.8 Å². The molecular formula is C13H12N4O4S. The van der Waals surface area contributed by atoms with E-state index in [0.29, 0.717) is 28.7 Å². The number of aromatic amines is 1. The maximum atomic E-state index is 11.8. The molecule has 0 fully saturated rings. The zero-order valence-electron chi connectivity index (χ0n) is 11.6. The standard InChI is InChI=1S/C13H12N4O4S/c1-2-20-11(18)7-22-13-15-14-12(19)9-6-8(16-17(9)13)10-4-3-5-21-10/h3-6H,2,7H2,1H3,(H,14,19). The third kappa shape index (κ3) is 2.75. The molecule has 0 saturated heterocycles. The summed E-state index contributed by atoms with van der Waals surface area (Å²) in [6, 6.07) is 5.08. The first-order chi connectivity index (χ1) is 10.7. The summed E-state index contributed by atoms with van der Waals surface area (Å²) in [5.74, 6) is 0.272. The van der Waals surface area contributed by atoms with Gasteiger partial charge in [-0.3, -0.25) is 9.59 Å². The molecule has 3 heterocycles. The maximum absolute atomic E-state index is 11.8. The molecule has 0 aromatic carbocycles. The molecular weight excluding hydrogens is 308 g/mol. The second-order valence-corrected chi connectivity index (χ2v) is 5.18. The number of nitrogens with zero attached hydrogens (tertiary/aromatic N) is 3. The Morgan fingerprint density at radius 1 is 1.55 bits per heavy atom. The molecule has 22 heavy (non-hydrogen) atoms. The Labute approximate surface area is 128 Å². The quantitative estimate of drug-likeness (QED) is 0.559. The minimum atomic E-state index is -0.370. The number of hydrogen-bond donors (Lipinski definition) is 1. The smallest absolute Gasteiger partial charge is 0.316 e. The van der Waals surface area contributed by atoms with Crippen LogP contribution in [0, 0.1) is 0 Å². The van der Waals surface area contributed by atoms with Crippen LogP contribution in [0.25, 0.3) is 17.0 Å². The number of carbonyl (C=O) groups is 1. The fourth-order valence-corrected chi connectivity index (χ4v) is 2.56. The number of furan rings is 1. The molecule has 0 atom stereocenters. The Balaban J connectivity index is 1.96. The molecule has 0 aliphatic heterocycles. The predicted molar refractivity (Wildman–Crippen MR) is 78.7 cm³/mol. The first kappa shape index (κ1) is 14.4. The van der Waals surface area contributed by atoms with Crippen LogP contribution in [0.15, 0.2) is 38.8 Å². The minimum Gasteiger partial charge on any atom is -0.465 e. The fraction of sp³-hybridized carbons (Fsp3) is 0.231. The number of hydrogen-bond acceptors (Lipinski definition) is 7. The Bertz CT molecular complexity index is 853. The Morgan fingerprint density at radius 2 is 2.41 bits per heavy atom. The van der Waals surface area contributed by atoms with Crippen LogP contribution in [0.3, 0.4) is 0 Å². The number of carbonyl (C=O) groups excluding carboxylic acids is 1. The van der Waals surface area contributed by atoms with E-state index in [4.69, 9.17) is 9.15 Å². The summed E-state index contributed by atoms with van der Waals surface area (Å²) in [6.07, 6.45) is 1.53. The largest absolute Gasteiger partial charge is 0.465 e. The van der Waals surface area contributed by atoms with Gasteiger partial charge in [-0.25, -0.2) is 9.61 Å². The molecule has 8 nitrogen and oxygen atoms in total. The van der Waals surface area contributed by atoms with Gasteiger partial charge in [-0.05, 0) is 19.1 Å². The van der Waals surface area contributed by atoms with Crippen molar-refractivity contribution in [1.82, 2.24) is 19.8 Å². The minimum absolute atomic E-state index is 0.0813. The van der Waals surface area contributed by atoms with Gasteiger partial charge in [0.05, 0.1) is 18.6 Å². The zero-order chi connectivity index (χ0) is 15.5. The highest BCUT2D eigenvalue weighted by molar-refractivity contribution is 7.99. The van der Waals surface area contributed by atoms with Crippen molar-refractivity contribution in [2.75, 3.05) is 12.4 Å². The molecule has 0 amide bonds. The van der Waals surface area contributed by atoms with Crippen LogP contribution in [-0.4, -0.2) is 38.1 Å². The van der Waals surface area contributed by atoms with E-state index >= 15 is 0 Å². The van der Waals surface area contributed by atoms with Crippen molar-refractivity contribution in [1.29, 1.82) is 0 Å². The van der Waals surface area contributed by atoms with Crippen molar-refractivity contribution < 1.29 is 13.9 Å². The average molecular weight is 320 g/mol. The van der Waals surface area contributed by atoms with Gasteiger partial charge < -0.3 is 9.15 Å². The van der Waals surface area contributed by atoms with E-state index in [1.165, 1.54) is 10.8 Å². The van der Waals surface area contributed by atoms with Crippen LogP contribution < -0.4 is 5.56 Å². The van der Waals surface area contributed by atoms with Crippen molar-refractivity contribution in [2.24, 2.45) is 0 Å². The van der Waals surface area contributed by atoms with Crippen LogP contribution in [-0.2, 0) is 9.53 Å². The molecule has 0 spiro atoms. The Hall–Kier alpha value is -2.55. The van der Waals surface area contributed by atoms with Gasteiger partial charge in [0.15, 0.2) is 5.76 Å². The van der Waals surface area contributed by atoms with Gasteiger partial charge in [0.2, 0.25) is 5.16 Å². The van der Waals surface area contributed by atoms with Crippen molar-refractivity contribution in [3.05, 3.63) is 34.8 Å². The summed E-state index contributed by atoms with van der Waals surface area (Å²) >= 11 is 1.13. The first-order valence-corrected chi connectivity index (χ1v) is 7.48. The highest BCUT2D eigenvalue weighted by Gasteiger charge is 2.14. The normalized spacial score (nSPS) is 11.0. The van der Waals surface area contributed by atoms with Crippen molar-refractivity contribution in [2.45, 2.75) is 12.1 Å². The Morgan fingerprint density at radius 3 is 3.14 bits per heavy atom. The van der Waals surface area contributed by atoms with Gasteiger partial charge in [0, 0.05) is 6.07 Å². The van der Waals surface area contributed by atoms with Gasteiger partial charge in [-0.15, -0.1) is 5.10 Å². The average Bonchev–Trinajstić information content (AvgIpc) is 3.16. The summed E-state index contributed by atoms with van der Waals surface area (Å²) < 4.78 is 11.5. The molecule has 0 aliphatic rings. The van der Waals surface area contributed by atoms with E-state index < -0.39 is 0 Å². The third-order valence-electron chi connectivity index (χ3n) is 2.77. The summed E-state index contributed by atoms with van der Waals surface area (Å²) in [5, 5.41) is 11.0. The lowest BCUT2D eigenvalue weighted by atomic mass is 10.3. The zero-order valence-corrected chi connectivity index (χ0v) is 12.4.